The van der Waals surface area contributed by atoms with Crippen molar-refractivity contribution in [2.45, 2.75) is 31.7 Å². The van der Waals surface area contributed by atoms with Crippen molar-refractivity contribution in [2.75, 3.05) is 13.2 Å². The second kappa shape index (κ2) is 8.18. The van der Waals surface area contributed by atoms with Crippen molar-refractivity contribution >= 4 is 45.9 Å². The lowest BCUT2D eigenvalue weighted by atomic mass is 10.0. The van der Waals surface area contributed by atoms with Gasteiger partial charge in [0.05, 0.1) is 34.4 Å². The molecular weight excluding hydrogens is 441 g/mol. The molecule has 1 unspecified atom stereocenters. The molecule has 0 spiro atoms. The van der Waals surface area contributed by atoms with Crippen molar-refractivity contribution in [2.24, 2.45) is 5.92 Å². The number of hydrazine groups is 1. The number of H-pyrrole nitrogens is 1. The highest BCUT2D eigenvalue weighted by Gasteiger charge is 2.30. The number of ether oxygens (including phenoxy) is 1. The van der Waals surface area contributed by atoms with E-state index >= 15 is 0 Å². The molecule has 8 nitrogen and oxygen atoms in total. The minimum atomic E-state index is -0.471. The van der Waals surface area contributed by atoms with Gasteiger partial charge in [0.25, 0.3) is 5.91 Å². The number of nitrogens with zero attached hydrogens (tertiary/aromatic N) is 2. The third kappa shape index (κ3) is 3.91. The van der Waals surface area contributed by atoms with Gasteiger partial charge in [0.15, 0.2) is 0 Å². The quantitative estimate of drug-likeness (QED) is 0.513. The number of benzene rings is 1. The van der Waals surface area contributed by atoms with E-state index in [0.29, 0.717) is 27.7 Å². The standard InChI is InChI=1S/C21H21Cl2N5O3/c22-15-6-5-14-16(12-8-24-28(9-12)13-2-1-7-31-10-13)19(25-18(14)17(15)23)21(30)27-26-20(29)11-3-4-11/h5-6,8-9,11,13,25H,1-4,7,10H2,(H,26,29)(H,27,30). The van der Waals surface area contributed by atoms with Gasteiger partial charge in [-0.2, -0.15) is 5.10 Å². The van der Waals surface area contributed by atoms with Crippen LogP contribution in [0, 0.1) is 5.92 Å². The summed E-state index contributed by atoms with van der Waals surface area (Å²) in [5, 5.41) is 5.96. The molecule has 162 valence electrons. The maximum atomic E-state index is 13.0. The molecule has 31 heavy (non-hydrogen) atoms. The van der Waals surface area contributed by atoms with Gasteiger partial charge in [-0.1, -0.05) is 29.3 Å². The monoisotopic (exact) mass is 461 g/mol. The number of carbonyl (C=O) groups excluding carboxylic acids is 2. The van der Waals surface area contributed by atoms with Gasteiger partial charge < -0.3 is 9.72 Å². The van der Waals surface area contributed by atoms with Crippen molar-refractivity contribution in [3.63, 3.8) is 0 Å². The summed E-state index contributed by atoms with van der Waals surface area (Å²) in [7, 11) is 0. The first-order valence-electron chi connectivity index (χ1n) is 10.2. The molecule has 2 aromatic heterocycles. The zero-order valence-corrected chi connectivity index (χ0v) is 18.1. The Hall–Kier alpha value is -2.55. The van der Waals surface area contributed by atoms with Crippen LogP contribution in [0.3, 0.4) is 0 Å². The number of nitrogens with one attached hydrogen (secondary N) is 3. The number of aromatic amines is 1. The third-order valence-electron chi connectivity index (χ3n) is 5.74. The molecule has 0 bridgehead atoms. The summed E-state index contributed by atoms with van der Waals surface area (Å²) in [6, 6.07) is 3.66. The van der Waals surface area contributed by atoms with Crippen LogP contribution in [0.25, 0.3) is 22.0 Å². The van der Waals surface area contributed by atoms with Crippen LogP contribution in [0.5, 0.6) is 0 Å². The van der Waals surface area contributed by atoms with Crippen LogP contribution in [0.15, 0.2) is 24.5 Å². The van der Waals surface area contributed by atoms with E-state index in [9.17, 15) is 9.59 Å². The molecule has 10 heteroatoms. The molecule has 2 aliphatic rings. The van der Waals surface area contributed by atoms with Crippen LogP contribution in [0.4, 0.5) is 0 Å². The Labute approximate surface area is 188 Å². The molecule has 2 amide bonds. The third-order valence-corrected chi connectivity index (χ3v) is 6.54. The number of fused-ring (bicyclic) bond motifs is 1. The van der Waals surface area contributed by atoms with Crippen LogP contribution >= 0.6 is 23.2 Å². The van der Waals surface area contributed by atoms with E-state index in [1.54, 1.807) is 12.3 Å². The smallest absolute Gasteiger partial charge is 0.286 e. The summed E-state index contributed by atoms with van der Waals surface area (Å²) in [6.45, 7) is 1.38. The fourth-order valence-electron chi connectivity index (χ4n) is 3.90. The Balaban J connectivity index is 1.53. The van der Waals surface area contributed by atoms with Gasteiger partial charge in [0, 0.05) is 35.2 Å². The Bertz CT molecular complexity index is 1160. The molecule has 0 radical (unpaired) electrons. The summed E-state index contributed by atoms with van der Waals surface area (Å²) in [5.74, 6) is -0.676. The fourth-order valence-corrected chi connectivity index (χ4v) is 4.27. The van der Waals surface area contributed by atoms with Crippen molar-refractivity contribution < 1.29 is 14.3 Å². The average Bonchev–Trinajstić information content (AvgIpc) is 3.40. The fraction of sp³-hybridized carbons (Fsp3) is 0.381. The molecule has 3 N–H and O–H groups in total. The van der Waals surface area contributed by atoms with Gasteiger partial charge in [-0.05, 0) is 31.7 Å². The van der Waals surface area contributed by atoms with Crippen LogP contribution in [0.2, 0.25) is 10.0 Å². The zero-order valence-electron chi connectivity index (χ0n) is 16.6. The highest BCUT2D eigenvalue weighted by atomic mass is 35.5. The van der Waals surface area contributed by atoms with Crippen LogP contribution in [0.1, 0.15) is 42.2 Å². The maximum Gasteiger partial charge on any atom is 0.286 e. The van der Waals surface area contributed by atoms with Crippen LogP contribution in [-0.4, -0.2) is 39.8 Å². The summed E-state index contributed by atoms with van der Waals surface area (Å²) < 4.78 is 7.45. The minimum absolute atomic E-state index is 0.0216. The first kappa shape index (κ1) is 20.4. The molecule has 1 saturated heterocycles. The molecule has 1 aromatic carbocycles. The molecule has 5 rings (SSSR count). The van der Waals surface area contributed by atoms with Crippen molar-refractivity contribution in [1.29, 1.82) is 0 Å². The molecule has 1 aliphatic carbocycles. The van der Waals surface area contributed by atoms with E-state index in [0.717, 1.165) is 43.2 Å². The second-order valence-electron chi connectivity index (χ2n) is 7.96. The number of carbonyl (C=O) groups is 2. The largest absolute Gasteiger partial charge is 0.379 e. The topological polar surface area (TPSA) is 101 Å². The number of halogens is 2. The number of hydrogen-bond donors (Lipinski definition) is 3. The molecule has 2 fully saturated rings. The lowest BCUT2D eigenvalue weighted by Gasteiger charge is -2.22. The first-order chi connectivity index (χ1) is 15.0. The van der Waals surface area contributed by atoms with E-state index in [4.69, 9.17) is 27.9 Å². The normalized spacial score (nSPS) is 18.8. The van der Waals surface area contributed by atoms with Gasteiger partial charge in [-0.15, -0.1) is 0 Å². The average molecular weight is 462 g/mol. The summed E-state index contributed by atoms with van der Waals surface area (Å²) in [5.41, 5.74) is 7.23. The predicted molar refractivity (Wildman–Crippen MR) is 117 cm³/mol. The Kier molecular flexibility index (Phi) is 5.37. The number of rotatable bonds is 4. The summed E-state index contributed by atoms with van der Waals surface area (Å²) in [4.78, 5) is 28.0. The van der Waals surface area contributed by atoms with Gasteiger partial charge in [0.2, 0.25) is 5.91 Å². The van der Waals surface area contributed by atoms with E-state index in [2.05, 4.69) is 20.9 Å². The van der Waals surface area contributed by atoms with Gasteiger partial charge in [-0.3, -0.25) is 25.1 Å². The van der Waals surface area contributed by atoms with Gasteiger partial charge in [0.1, 0.15) is 5.69 Å². The highest BCUT2D eigenvalue weighted by molar-refractivity contribution is 6.45. The Morgan fingerprint density at radius 3 is 2.77 bits per heavy atom. The molecular formula is C21H21Cl2N5O3. The zero-order chi connectivity index (χ0) is 21.5. The molecule has 3 heterocycles. The number of aromatic nitrogens is 3. The van der Waals surface area contributed by atoms with Gasteiger partial charge in [-0.25, -0.2) is 0 Å². The lowest BCUT2D eigenvalue weighted by Crippen LogP contribution is -2.42. The van der Waals surface area contributed by atoms with Crippen molar-refractivity contribution in [3.05, 3.63) is 40.3 Å². The van der Waals surface area contributed by atoms with Crippen LogP contribution in [-0.2, 0) is 9.53 Å². The van der Waals surface area contributed by atoms with Crippen molar-refractivity contribution in [1.82, 2.24) is 25.6 Å². The molecule has 1 atom stereocenters. The second-order valence-corrected chi connectivity index (χ2v) is 8.74. The Morgan fingerprint density at radius 1 is 1.19 bits per heavy atom. The van der Waals surface area contributed by atoms with E-state index in [-0.39, 0.29) is 23.6 Å². The first-order valence-corrected chi connectivity index (χ1v) is 11.0. The van der Waals surface area contributed by atoms with E-state index in [1.807, 2.05) is 16.9 Å². The highest BCUT2D eigenvalue weighted by Crippen LogP contribution is 2.39. The summed E-state index contributed by atoms with van der Waals surface area (Å²) in [6.07, 6.45) is 7.28. The maximum absolute atomic E-state index is 13.0. The molecule has 1 aliphatic heterocycles. The van der Waals surface area contributed by atoms with E-state index < -0.39 is 5.91 Å². The number of amides is 2. The summed E-state index contributed by atoms with van der Waals surface area (Å²) >= 11 is 12.6. The SMILES string of the molecule is O=C(NNC(=O)C1CC1)c1[nH]c2c(Cl)c(Cl)ccc2c1-c1cnn(C2CCCOC2)c1. The molecule has 3 aromatic rings. The van der Waals surface area contributed by atoms with E-state index in [1.165, 1.54) is 0 Å². The Morgan fingerprint density at radius 2 is 2.03 bits per heavy atom. The minimum Gasteiger partial charge on any atom is -0.379 e. The number of hydrogen-bond acceptors (Lipinski definition) is 4. The predicted octanol–water partition coefficient (Wildman–Crippen LogP) is 3.86. The lowest BCUT2D eigenvalue weighted by molar-refractivity contribution is -0.123. The van der Waals surface area contributed by atoms with Crippen molar-refractivity contribution in [3.8, 4) is 11.1 Å². The molecule has 1 saturated carbocycles. The van der Waals surface area contributed by atoms with Gasteiger partial charge >= 0.3 is 0 Å². The van der Waals surface area contributed by atoms with Crippen LogP contribution < -0.4 is 10.9 Å².